The van der Waals surface area contributed by atoms with Gasteiger partial charge in [-0.25, -0.2) is 4.79 Å². The number of aromatic nitrogens is 2. The molecule has 7 nitrogen and oxygen atoms in total. The minimum atomic E-state index is -0.343. The number of imidazole rings is 1. The predicted molar refractivity (Wildman–Crippen MR) is 82.1 cm³/mol. The number of nitrogens with two attached hydrogens (primary N) is 2. The highest BCUT2D eigenvalue weighted by Crippen LogP contribution is 2.19. The molecule has 2 aromatic carbocycles. The van der Waals surface area contributed by atoms with E-state index < -0.39 is 0 Å². The van der Waals surface area contributed by atoms with E-state index in [1.807, 2.05) is 0 Å². The molecule has 7 N–H and O–H groups in total. The summed E-state index contributed by atoms with van der Waals surface area (Å²) in [5.74, 6) is -0.343. The predicted octanol–water partition coefficient (Wildman–Crippen LogP) is 1.27. The third-order valence-corrected chi connectivity index (χ3v) is 3.09. The molecule has 106 valence electrons. The van der Waals surface area contributed by atoms with Crippen LogP contribution in [0.2, 0.25) is 0 Å². The smallest absolute Gasteiger partial charge is 0.323 e. The van der Waals surface area contributed by atoms with Gasteiger partial charge in [-0.2, -0.15) is 0 Å². The molecule has 1 heterocycles. The number of nitrogen functional groups attached to an aromatic ring is 2. The van der Waals surface area contributed by atoms with Gasteiger partial charge in [0.2, 0.25) is 0 Å². The fourth-order valence-corrected chi connectivity index (χ4v) is 2.10. The summed E-state index contributed by atoms with van der Waals surface area (Å²) in [6.45, 7) is 0. The summed E-state index contributed by atoms with van der Waals surface area (Å²) in [4.78, 5) is 28.6. The highest BCUT2D eigenvalue weighted by molar-refractivity contribution is 6.08. The number of hydrogen-bond donors (Lipinski definition) is 5. The van der Waals surface area contributed by atoms with Crippen LogP contribution in [0, 0.1) is 0 Å². The highest BCUT2D eigenvalue weighted by Gasteiger charge is 2.10. The number of nitrogens with one attached hydrogen (secondary N) is 3. The van der Waals surface area contributed by atoms with Crippen LogP contribution in [0.25, 0.3) is 11.0 Å². The number of rotatable bonds is 2. The van der Waals surface area contributed by atoms with Gasteiger partial charge in [0.15, 0.2) is 0 Å². The molecule has 0 bridgehead atoms. The van der Waals surface area contributed by atoms with Crippen LogP contribution in [0.5, 0.6) is 0 Å². The number of fused-ring (bicyclic) bond motifs is 1. The summed E-state index contributed by atoms with van der Waals surface area (Å²) in [7, 11) is 0. The van der Waals surface area contributed by atoms with E-state index in [-0.39, 0.29) is 11.6 Å². The number of hydrogen-bond acceptors (Lipinski definition) is 4. The van der Waals surface area contributed by atoms with Crippen molar-refractivity contribution in [3.05, 3.63) is 52.4 Å². The molecule has 0 aliphatic rings. The Morgan fingerprint density at radius 1 is 1.00 bits per heavy atom. The van der Waals surface area contributed by atoms with E-state index in [1.54, 1.807) is 30.3 Å². The Labute approximate surface area is 119 Å². The van der Waals surface area contributed by atoms with Crippen molar-refractivity contribution in [1.29, 1.82) is 0 Å². The van der Waals surface area contributed by atoms with Crippen LogP contribution in [-0.4, -0.2) is 15.9 Å². The lowest BCUT2D eigenvalue weighted by Crippen LogP contribution is -2.14. The molecule has 21 heavy (non-hydrogen) atoms. The normalized spacial score (nSPS) is 10.7. The lowest BCUT2D eigenvalue weighted by atomic mass is 10.1. The average Bonchev–Trinajstić information content (AvgIpc) is 2.77. The van der Waals surface area contributed by atoms with Gasteiger partial charge < -0.3 is 26.8 Å². The van der Waals surface area contributed by atoms with Gasteiger partial charge >= 0.3 is 5.69 Å². The van der Waals surface area contributed by atoms with E-state index in [9.17, 15) is 9.59 Å². The van der Waals surface area contributed by atoms with E-state index in [0.717, 1.165) is 0 Å². The standard InChI is InChI=1S/C14H13N5O2/c15-7-1-3-9(10(16)5-7)13(20)17-8-2-4-11-12(6-8)19-14(21)18-11/h1-6H,15-16H2,(H,17,20)(H2,18,19,21). The quantitative estimate of drug-likeness (QED) is 0.453. The lowest BCUT2D eigenvalue weighted by molar-refractivity contribution is 0.102. The summed E-state index contributed by atoms with van der Waals surface area (Å²) >= 11 is 0. The first-order chi connectivity index (χ1) is 10.0. The topological polar surface area (TPSA) is 130 Å². The van der Waals surface area contributed by atoms with Crippen molar-refractivity contribution in [2.75, 3.05) is 16.8 Å². The fraction of sp³-hybridized carbons (Fsp3) is 0. The molecular weight excluding hydrogens is 270 g/mol. The van der Waals surface area contributed by atoms with E-state index in [2.05, 4.69) is 15.3 Å². The molecule has 7 heteroatoms. The Morgan fingerprint density at radius 2 is 1.76 bits per heavy atom. The van der Waals surface area contributed by atoms with Crippen LogP contribution in [0.3, 0.4) is 0 Å². The van der Waals surface area contributed by atoms with Crippen LogP contribution in [-0.2, 0) is 0 Å². The first kappa shape index (κ1) is 12.8. The van der Waals surface area contributed by atoms with Crippen molar-refractivity contribution in [3.63, 3.8) is 0 Å². The fourth-order valence-electron chi connectivity index (χ4n) is 2.10. The van der Waals surface area contributed by atoms with Crippen LogP contribution < -0.4 is 22.5 Å². The number of amides is 1. The zero-order chi connectivity index (χ0) is 15.0. The maximum Gasteiger partial charge on any atom is 0.323 e. The molecule has 1 amide bonds. The van der Waals surface area contributed by atoms with E-state index >= 15 is 0 Å². The van der Waals surface area contributed by atoms with Crippen LogP contribution in [0.4, 0.5) is 17.1 Å². The monoisotopic (exact) mass is 283 g/mol. The van der Waals surface area contributed by atoms with Gasteiger partial charge in [-0.1, -0.05) is 0 Å². The second-order valence-electron chi connectivity index (χ2n) is 4.64. The Kier molecular flexibility index (Phi) is 2.87. The number of H-pyrrole nitrogens is 2. The Hall–Kier alpha value is -3.22. The minimum absolute atomic E-state index is 0.295. The Morgan fingerprint density at radius 3 is 2.52 bits per heavy atom. The molecule has 0 unspecified atom stereocenters. The molecule has 0 spiro atoms. The van der Waals surface area contributed by atoms with Crippen molar-refractivity contribution in [2.45, 2.75) is 0 Å². The minimum Gasteiger partial charge on any atom is -0.399 e. The van der Waals surface area contributed by atoms with Crippen molar-refractivity contribution >= 4 is 34.0 Å². The molecule has 3 rings (SSSR count). The molecule has 0 radical (unpaired) electrons. The third-order valence-electron chi connectivity index (χ3n) is 3.09. The molecule has 0 aliphatic carbocycles. The first-order valence-electron chi connectivity index (χ1n) is 6.21. The van der Waals surface area contributed by atoms with E-state index in [4.69, 9.17) is 11.5 Å². The Bertz CT molecular complexity index is 894. The van der Waals surface area contributed by atoms with Gasteiger partial charge in [0.05, 0.1) is 16.6 Å². The second kappa shape index (κ2) is 4.71. The summed E-state index contributed by atoms with van der Waals surface area (Å²) in [5, 5.41) is 2.72. The van der Waals surface area contributed by atoms with Crippen LogP contribution in [0.15, 0.2) is 41.2 Å². The third kappa shape index (κ3) is 2.44. The molecule has 0 aliphatic heterocycles. The van der Waals surface area contributed by atoms with E-state index in [0.29, 0.717) is 33.7 Å². The van der Waals surface area contributed by atoms with Crippen LogP contribution >= 0.6 is 0 Å². The SMILES string of the molecule is Nc1ccc(C(=O)Nc2ccc3[nH]c(=O)[nH]c3c2)c(N)c1. The van der Waals surface area contributed by atoms with Crippen molar-refractivity contribution < 1.29 is 4.79 Å². The number of anilines is 3. The molecule has 3 aromatic rings. The van der Waals surface area contributed by atoms with Gasteiger partial charge in [0, 0.05) is 17.1 Å². The molecular formula is C14H13N5O2. The first-order valence-corrected chi connectivity index (χ1v) is 6.21. The highest BCUT2D eigenvalue weighted by atomic mass is 16.2. The maximum absolute atomic E-state index is 12.2. The van der Waals surface area contributed by atoms with Crippen LogP contribution in [0.1, 0.15) is 10.4 Å². The summed E-state index contributed by atoms with van der Waals surface area (Å²) in [5.41, 5.74) is 14.1. The zero-order valence-electron chi connectivity index (χ0n) is 10.9. The summed E-state index contributed by atoms with van der Waals surface area (Å²) < 4.78 is 0. The molecule has 1 aromatic heterocycles. The van der Waals surface area contributed by atoms with Gasteiger partial charge in [0.1, 0.15) is 0 Å². The number of carbonyl (C=O) groups is 1. The van der Waals surface area contributed by atoms with Gasteiger partial charge in [0.25, 0.3) is 5.91 Å². The maximum atomic E-state index is 12.2. The average molecular weight is 283 g/mol. The van der Waals surface area contributed by atoms with Crippen molar-refractivity contribution in [1.82, 2.24) is 9.97 Å². The van der Waals surface area contributed by atoms with E-state index in [1.165, 1.54) is 6.07 Å². The largest absolute Gasteiger partial charge is 0.399 e. The summed E-state index contributed by atoms with van der Waals surface area (Å²) in [6, 6.07) is 9.77. The second-order valence-corrected chi connectivity index (χ2v) is 4.64. The zero-order valence-corrected chi connectivity index (χ0v) is 10.9. The molecule has 0 atom stereocenters. The van der Waals surface area contributed by atoms with Gasteiger partial charge in [-0.15, -0.1) is 0 Å². The number of aromatic amines is 2. The van der Waals surface area contributed by atoms with Crippen molar-refractivity contribution in [3.8, 4) is 0 Å². The molecule has 0 saturated carbocycles. The van der Waals surface area contributed by atoms with Gasteiger partial charge in [-0.05, 0) is 36.4 Å². The molecule has 0 saturated heterocycles. The van der Waals surface area contributed by atoms with Gasteiger partial charge in [-0.3, -0.25) is 4.79 Å². The van der Waals surface area contributed by atoms with Crippen molar-refractivity contribution in [2.24, 2.45) is 0 Å². The Balaban J connectivity index is 1.90. The number of carbonyl (C=O) groups excluding carboxylic acids is 1. The lowest BCUT2D eigenvalue weighted by Gasteiger charge is -2.08. The summed E-state index contributed by atoms with van der Waals surface area (Å²) in [6.07, 6.45) is 0. The molecule has 0 fully saturated rings. The number of benzene rings is 2.